The minimum absolute atomic E-state index is 0.111. The van der Waals surface area contributed by atoms with Gasteiger partial charge in [-0.1, -0.05) is 24.8 Å². The van der Waals surface area contributed by atoms with Gasteiger partial charge in [0.15, 0.2) is 0 Å². The van der Waals surface area contributed by atoms with Crippen molar-refractivity contribution >= 4 is 29.0 Å². The van der Waals surface area contributed by atoms with Gasteiger partial charge in [-0.25, -0.2) is 0 Å². The number of carbonyl (C=O) groups excluding carboxylic acids is 1. The first kappa shape index (κ1) is 18.4. The molecular weight excluding hydrogens is 361 g/mol. The first-order valence-corrected chi connectivity index (χ1v) is 8.81. The monoisotopic (exact) mass is 378 g/mol. The molecule has 1 amide bonds. The number of fused-ring (bicyclic) bond motifs is 1. The summed E-state index contributed by atoms with van der Waals surface area (Å²) in [6.45, 7) is 4.00. The average molecular weight is 378 g/mol. The van der Waals surface area contributed by atoms with Crippen LogP contribution in [-0.2, 0) is 11.2 Å². The molecule has 3 nitrogen and oxygen atoms in total. The molecule has 1 heterocycles. The highest BCUT2D eigenvalue weighted by Crippen LogP contribution is 2.39. The van der Waals surface area contributed by atoms with Gasteiger partial charge in [0.25, 0.3) is 0 Å². The van der Waals surface area contributed by atoms with E-state index in [0.29, 0.717) is 13.0 Å². The van der Waals surface area contributed by atoms with Gasteiger partial charge >= 0.3 is 5.51 Å². The molecule has 0 bridgehead atoms. The van der Waals surface area contributed by atoms with E-state index >= 15 is 0 Å². The lowest BCUT2D eigenvalue weighted by Crippen LogP contribution is -2.46. The van der Waals surface area contributed by atoms with Gasteiger partial charge in [0, 0.05) is 22.8 Å². The number of thioether (sulfide) groups is 1. The maximum Gasteiger partial charge on any atom is 0.446 e. The second-order valence-electron chi connectivity index (χ2n) is 5.89. The number of halogens is 3. The van der Waals surface area contributed by atoms with Crippen molar-refractivity contribution in [2.24, 2.45) is 0 Å². The minimum atomic E-state index is -4.31. The van der Waals surface area contributed by atoms with E-state index in [2.05, 4.69) is 11.9 Å². The first-order valence-electron chi connectivity index (χ1n) is 8.00. The Hall–Kier alpha value is -2.41. The molecule has 26 heavy (non-hydrogen) atoms. The van der Waals surface area contributed by atoms with Crippen LogP contribution in [0.15, 0.2) is 66.1 Å². The lowest BCUT2D eigenvalue weighted by atomic mass is 9.97. The van der Waals surface area contributed by atoms with Gasteiger partial charge in [-0.15, -0.1) is 0 Å². The SMILES string of the molecule is C=CC(=O)NC1Cc2ccccc2N(c2ccc(SC(F)(F)F)cc2)C1. The van der Waals surface area contributed by atoms with Crippen LogP contribution in [0.1, 0.15) is 5.56 Å². The van der Waals surface area contributed by atoms with Crippen LogP contribution in [0.3, 0.4) is 0 Å². The molecule has 2 aromatic rings. The smallest absolute Gasteiger partial charge is 0.348 e. The molecule has 0 spiro atoms. The number of alkyl halides is 3. The van der Waals surface area contributed by atoms with Crippen molar-refractivity contribution in [1.82, 2.24) is 5.32 Å². The van der Waals surface area contributed by atoms with Gasteiger partial charge in [0.05, 0.1) is 6.04 Å². The average Bonchev–Trinajstić information content (AvgIpc) is 2.60. The number of hydrogen-bond acceptors (Lipinski definition) is 3. The van der Waals surface area contributed by atoms with E-state index in [1.54, 1.807) is 12.1 Å². The first-order chi connectivity index (χ1) is 12.4. The second kappa shape index (κ2) is 7.45. The van der Waals surface area contributed by atoms with Crippen LogP contribution in [0, 0.1) is 0 Å². The zero-order chi connectivity index (χ0) is 18.7. The second-order valence-corrected chi connectivity index (χ2v) is 7.03. The summed E-state index contributed by atoms with van der Waals surface area (Å²) in [5, 5.41) is 2.90. The van der Waals surface area contributed by atoms with Crippen molar-refractivity contribution in [1.29, 1.82) is 0 Å². The Balaban J connectivity index is 1.87. The number of nitrogens with zero attached hydrogens (tertiary/aromatic N) is 1. The molecular formula is C19H17F3N2OS. The number of carbonyl (C=O) groups is 1. The Bertz CT molecular complexity index is 805. The molecule has 1 atom stereocenters. The van der Waals surface area contributed by atoms with Crippen molar-refractivity contribution in [3.8, 4) is 0 Å². The number of benzene rings is 2. The van der Waals surface area contributed by atoms with E-state index in [1.165, 1.54) is 18.2 Å². The van der Waals surface area contributed by atoms with Crippen molar-refractivity contribution in [2.75, 3.05) is 11.4 Å². The molecule has 1 aliphatic rings. The van der Waals surface area contributed by atoms with E-state index in [1.807, 2.05) is 29.2 Å². The maximum absolute atomic E-state index is 12.5. The molecule has 1 unspecified atom stereocenters. The van der Waals surface area contributed by atoms with Crippen LogP contribution in [0.25, 0.3) is 0 Å². The molecule has 2 aromatic carbocycles. The number of amides is 1. The summed E-state index contributed by atoms with van der Waals surface area (Å²) in [4.78, 5) is 13.8. The van der Waals surface area contributed by atoms with Gasteiger partial charge in [0.1, 0.15) is 0 Å². The Labute approximate surface area is 153 Å². The number of para-hydroxylation sites is 1. The number of rotatable bonds is 4. The van der Waals surface area contributed by atoms with Crippen LogP contribution in [0.5, 0.6) is 0 Å². The molecule has 136 valence electrons. The van der Waals surface area contributed by atoms with E-state index in [0.717, 1.165) is 16.9 Å². The highest BCUT2D eigenvalue weighted by molar-refractivity contribution is 8.00. The Morgan fingerprint density at radius 1 is 1.19 bits per heavy atom. The highest BCUT2D eigenvalue weighted by Gasteiger charge is 2.30. The molecule has 0 aromatic heterocycles. The molecule has 0 saturated carbocycles. The molecule has 0 saturated heterocycles. The lowest BCUT2D eigenvalue weighted by Gasteiger charge is -2.36. The normalized spacial score (nSPS) is 16.7. The largest absolute Gasteiger partial charge is 0.446 e. The Morgan fingerprint density at radius 3 is 2.54 bits per heavy atom. The van der Waals surface area contributed by atoms with Gasteiger partial charge < -0.3 is 10.2 Å². The zero-order valence-electron chi connectivity index (χ0n) is 13.8. The Kier molecular flexibility index (Phi) is 5.27. The summed E-state index contributed by atoms with van der Waals surface area (Å²) in [7, 11) is 0. The third-order valence-corrected chi connectivity index (χ3v) is 4.80. The number of anilines is 2. The standard InChI is InChI=1S/C19H17F3N2OS/c1-2-18(25)23-14-11-13-5-3-4-6-17(13)24(12-14)15-7-9-16(10-8-15)26-19(20,21)22/h2-10,14H,1,11-12H2,(H,23,25). The highest BCUT2D eigenvalue weighted by atomic mass is 32.2. The summed E-state index contributed by atoms with van der Waals surface area (Å²) in [5.74, 6) is -0.244. The summed E-state index contributed by atoms with van der Waals surface area (Å²) >= 11 is -0.133. The summed E-state index contributed by atoms with van der Waals surface area (Å²) in [6.07, 6.45) is 1.92. The fraction of sp³-hybridized carbons (Fsp3) is 0.211. The summed E-state index contributed by atoms with van der Waals surface area (Å²) in [6, 6.07) is 14.0. The number of hydrogen-bond donors (Lipinski definition) is 1. The quantitative estimate of drug-likeness (QED) is 0.620. The summed E-state index contributed by atoms with van der Waals surface area (Å²) < 4.78 is 37.5. The van der Waals surface area contributed by atoms with Crippen molar-refractivity contribution in [3.05, 3.63) is 66.7 Å². The molecule has 1 aliphatic heterocycles. The zero-order valence-corrected chi connectivity index (χ0v) is 14.6. The topological polar surface area (TPSA) is 32.3 Å². The van der Waals surface area contributed by atoms with Crippen molar-refractivity contribution < 1.29 is 18.0 Å². The van der Waals surface area contributed by atoms with Gasteiger partial charge in [-0.05, 0) is 60.2 Å². The molecule has 7 heteroatoms. The fourth-order valence-corrected chi connectivity index (χ4v) is 3.56. The van der Waals surface area contributed by atoms with Gasteiger partial charge in [0.2, 0.25) is 5.91 Å². The minimum Gasteiger partial charge on any atom is -0.348 e. The van der Waals surface area contributed by atoms with E-state index in [-0.39, 0.29) is 28.6 Å². The maximum atomic E-state index is 12.5. The number of nitrogens with one attached hydrogen (secondary N) is 1. The van der Waals surface area contributed by atoms with Crippen LogP contribution in [0.2, 0.25) is 0 Å². The third kappa shape index (κ3) is 4.40. The van der Waals surface area contributed by atoms with E-state index in [9.17, 15) is 18.0 Å². The van der Waals surface area contributed by atoms with Crippen molar-refractivity contribution in [2.45, 2.75) is 22.9 Å². The summed E-state index contributed by atoms with van der Waals surface area (Å²) in [5.41, 5.74) is -1.46. The van der Waals surface area contributed by atoms with Crippen molar-refractivity contribution in [3.63, 3.8) is 0 Å². The molecule has 0 fully saturated rings. The molecule has 1 N–H and O–H groups in total. The van der Waals surface area contributed by atoms with E-state index < -0.39 is 5.51 Å². The van der Waals surface area contributed by atoms with Crippen LogP contribution in [-0.4, -0.2) is 24.0 Å². The van der Waals surface area contributed by atoms with E-state index in [4.69, 9.17) is 0 Å². The van der Waals surface area contributed by atoms with Gasteiger partial charge in [-0.3, -0.25) is 4.79 Å². The molecule has 0 aliphatic carbocycles. The van der Waals surface area contributed by atoms with Crippen LogP contribution < -0.4 is 10.2 Å². The lowest BCUT2D eigenvalue weighted by molar-refractivity contribution is -0.117. The third-order valence-electron chi connectivity index (χ3n) is 4.07. The predicted molar refractivity (Wildman–Crippen MR) is 97.6 cm³/mol. The fourth-order valence-electron chi connectivity index (χ4n) is 3.02. The van der Waals surface area contributed by atoms with Crippen LogP contribution >= 0.6 is 11.8 Å². The van der Waals surface area contributed by atoms with Gasteiger partial charge in [-0.2, -0.15) is 13.2 Å². The van der Waals surface area contributed by atoms with Crippen LogP contribution in [0.4, 0.5) is 24.5 Å². The molecule has 3 rings (SSSR count). The Morgan fingerprint density at radius 2 is 1.88 bits per heavy atom. The predicted octanol–water partition coefficient (Wildman–Crippen LogP) is 4.66. The molecule has 0 radical (unpaired) electrons.